The van der Waals surface area contributed by atoms with E-state index in [4.69, 9.17) is 33.2 Å². The van der Waals surface area contributed by atoms with E-state index in [0.717, 1.165) is 0 Å². The Morgan fingerprint density at radius 2 is 1.43 bits per heavy atom. The Kier molecular flexibility index (Phi) is 9.08. The maximum Gasteiger partial charge on any atom is 0.338 e. The lowest BCUT2D eigenvalue weighted by molar-refractivity contribution is -0.292. The van der Waals surface area contributed by atoms with Crippen LogP contribution in [0.3, 0.4) is 0 Å². The second kappa shape index (κ2) is 12.6. The van der Waals surface area contributed by atoms with E-state index in [1.165, 1.54) is 27.7 Å². The zero-order valence-electron chi connectivity index (χ0n) is 30.6. The molecule has 13 nitrogen and oxygen atoms in total. The molecule has 1 saturated heterocycles. The highest BCUT2D eigenvalue weighted by molar-refractivity contribution is 5.89. The molecule has 4 aliphatic carbocycles. The summed E-state index contributed by atoms with van der Waals surface area (Å²) in [5.74, 6) is -6.87. The van der Waals surface area contributed by atoms with Gasteiger partial charge in [-0.15, -0.1) is 0 Å². The van der Waals surface area contributed by atoms with Crippen molar-refractivity contribution in [2.75, 3.05) is 0 Å². The summed E-state index contributed by atoms with van der Waals surface area (Å²) in [7, 11) is 0. The van der Waals surface area contributed by atoms with Gasteiger partial charge in [0, 0.05) is 40.0 Å². The first-order valence-electron chi connectivity index (χ1n) is 17.7. The Labute approximate surface area is 297 Å². The summed E-state index contributed by atoms with van der Waals surface area (Å²) >= 11 is 0. The number of carbonyl (C=O) groups excluding carboxylic acids is 6. The van der Waals surface area contributed by atoms with Crippen molar-refractivity contribution in [3.63, 3.8) is 0 Å². The number of hydrogen-bond acceptors (Lipinski definition) is 13. The molecule has 1 aliphatic heterocycles. The first-order chi connectivity index (χ1) is 23.9. The molecule has 5 aliphatic rings. The van der Waals surface area contributed by atoms with Crippen molar-refractivity contribution in [2.45, 2.75) is 123 Å². The van der Waals surface area contributed by atoms with Crippen LogP contribution in [0.5, 0.6) is 0 Å². The average molecular weight is 713 g/mol. The quantitative estimate of drug-likeness (QED) is 0.276. The van der Waals surface area contributed by atoms with Gasteiger partial charge in [0.25, 0.3) is 0 Å². The predicted octanol–water partition coefficient (Wildman–Crippen LogP) is 4.33. The smallest absolute Gasteiger partial charge is 0.338 e. The molecule has 0 spiro atoms. The molecule has 0 radical (unpaired) electrons. The molecule has 13 heteroatoms. The Bertz CT molecular complexity index is 1620. The highest BCUT2D eigenvalue weighted by Crippen LogP contribution is 2.80. The zero-order chi connectivity index (χ0) is 37.4. The van der Waals surface area contributed by atoms with Gasteiger partial charge in [0.05, 0.1) is 11.5 Å². The van der Waals surface area contributed by atoms with Crippen molar-refractivity contribution < 1.29 is 61.9 Å². The van der Waals surface area contributed by atoms with E-state index in [2.05, 4.69) is 13.8 Å². The molecule has 4 saturated carbocycles. The number of ether oxygens (including phenoxy) is 7. The van der Waals surface area contributed by atoms with Gasteiger partial charge in [0.1, 0.15) is 29.3 Å². The molecular weight excluding hydrogens is 664 g/mol. The SMILES string of the molecule is CCC(=O)O[C@@H]1[C@@H]2[C@@H](OC(C)=O)[C@@]34C(OC(C)=O)O[C@](C)([C@H](OC(C)=O)[C@@]2(OC(C)=O)C[C@@H]1C)[C@@H]3[C@@H]1[C@H](C[C@H]4OC(=O)c2ccccc2)C1(C)C. The molecule has 1 aromatic carbocycles. The number of hydrogen-bond donors (Lipinski definition) is 0. The third-order valence-corrected chi connectivity index (χ3v) is 12.4. The van der Waals surface area contributed by atoms with Crippen LogP contribution in [0.15, 0.2) is 30.3 Å². The van der Waals surface area contributed by atoms with Crippen LogP contribution in [0, 0.1) is 40.4 Å². The molecule has 0 amide bonds. The first kappa shape index (κ1) is 36.8. The van der Waals surface area contributed by atoms with Gasteiger partial charge in [-0.2, -0.15) is 0 Å². The second-order valence-corrected chi connectivity index (χ2v) is 15.8. The lowest BCUT2D eigenvalue weighted by atomic mass is 9.56. The van der Waals surface area contributed by atoms with Gasteiger partial charge in [-0.3, -0.25) is 24.0 Å². The van der Waals surface area contributed by atoms with Crippen LogP contribution in [-0.2, 0) is 57.1 Å². The van der Waals surface area contributed by atoms with E-state index in [1.807, 2.05) is 0 Å². The number of carbonyl (C=O) groups is 6. The number of benzene rings is 1. The van der Waals surface area contributed by atoms with Gasteiger partial charge in [-0.25, -0.2) is 4.79 Å². The van der Waals surface area contributed by atoms with Crippen molar-refractivity contribution in [3.05, 3.63) is 35.9 Å². The van der Waals surface area contributed by atoms with Crippen LogP contribution >= 0.6 is 0 Å². The molecule has 13 atom stereocenters. The van der Waals surface area contributed by atoms with Crippen molar-refractivity contribution in [3.8, 4) is 0 Å². The fourth-order valence-corrected chi connectivity index (χ4v) is 10.8. The molecule has 1 heterocycles. The summed E-state index contributed by atoms with van der Waals surface area (Å²) in [6.45, 7) is 14.2. The van der Waals surface area contributed by atoms with E-state index in [1.54, 1.807) is 51.1 Å². The van der Waals surface area contributed by atoms with E-state index in [0.29, 0.717) is 0 Å². The van der Waals surface area contributed by atoms with Gasteiger partial charge in [0.2, 0.25) is 6.29 Å². The maximum atomic E-state index is 14.0. The lowest BCUT2D eigenvalue weighted by Gasteiger charge is -2.52. The normalized spacial score (nSPS) is 41.0. The van der Waals surface area contributed by atoms with Gasteiger partial charge >= 0.3 is 35.8 Å². The molecule has 1 unspecified atom stereocenters. The summed E-state index contributed by atoms with van der Waals surface area (Å²) in [6, 6.07) is 8.39. The van der Waals surface area contributed by atoms with Crippen molar-refractivity contribution in [1.82, 2.24) is 0 Å². The largest absolute Gasteiger partial charge is 0.461 e. The van der Waals surface area contributed by atoms with Crippen molar-refractivity contribution in [1.29, 1.82) is 0 Å². The minimum absolute atomic E-state index is 0.0159. The van der Waals surface area contributed by atoms with Gasteiger partial charge < -0.3 is 33.2 Å². The minimum Gasteiger partial charge on any atom is -0.461 e. The summed E-state index contributed by atoms with van der Waals surface area (Å²) < 4.78 is 44.6. The van der Waals surface area contributed by atoms with Crippen LogP contribution in [0.4, 0.5) is 0 Å². The maximum absolute atomic E-state index is 14.0. The number of rotatable bonds is 8. The Morgan fingerprint density at radius 3 is 2.00 bits per heavy atom. The monoisotopic (exact) mass is 712 g/mol. The third kappa shape index (κ3) is 5.52. The van der Waals surface area contributed by atoms with Gasteiger partial charge in [0.15, 0.2) is 11.7 Å². The summed E-state index contributed by atoms with van der Waals surface area (Å²) in [6.07, 6.45) is -6.15. The van der Waals surface area contributed by atoms with E-state index < -0.39 is 106 Å². The Morgan fingerprint density at radius 1 is 0.804 bits per heavy atom. The molecule has 1 aromatic rings. The molecule has 0 N–H and O–H groups in total. The van der Waals surface area contributed by atoms with Gasteiger partial charge in [-0.05, 0) is 55.1 Å². The van der Waals surface area contributed by atoms with Crippen LogP contribution in [0.2, 0.25) is 0 Å². The standard InChI is InChI=1S/C38H48O13/c1-10-26(43)49-29-18(2)17-37(50-22(6)42)28(29)31(45-19(3)39)38-25(48-32(44)23-14-12-11-13-15-23)16-24-27(35(24,7)8)30(38)36(9,33(37)46-20(4)40)51-34(38)47-21(5)41/h11-15,18,24-25,27-31,33-34H,10,16-17H2,1-9H3/t18-,24-,25+,27-,28+,29-,30-,31+,33-,34?,36-,37+,38-/m0/s1. The van der Waals surface area contributed by atoms with E-state index >= 15 is 0 Å². The minimum atomic E-state index is -1.78. The number of esters is 6. The molecule has 51 heavy (non-hydrogen) atoms. The Hall–Kier alpha value is -4.00. The van der Waals surface area contributed by atoms with Gasteiger partial charge in [-0.1, -0.05) is 45.9 Å². The molecule has 5 fully saturated rings. The van der Waals surface area contributed by atoms with Crippen molar-refractivity contribution in [2.24, 2.45) is 40.4 Å². The highest BCUT2D eigenvalue weighted by atomic mass is 16.7. The fraction of sp³-hybridized carbons (Fsp3) is 0.684. The predicted molar refractivity (Wildman–Crippen MR) is 175 cm³/mol. The molecule has 6 rings (SSSR count). The molecular formula is C38H48O13. The summed E-state index contributed by atoms with van der Waals surface area (Å²) in [5.41, 5.74) is -5.17. The molecule has 278 valence electrons. The summed E-state index contributed by atoms with van der Waals surface area (Å²) in [5, 5.41) is 0. The van der Waals surface area contributed by atoms with Crippen LogP contribution in [0.1, 0.15) is 91.9 Å². The molecule has 2 bridgehead atoms. The topological polar surface area (TPSA) is 167 Å². The number of fused-ring (bicyclic) bond motifs is 2. The van der Waals surface area contributed by atoms with E-state index in [9.17, 15) is 28.8 Å². The average Bonchev–Trinajstić information content (AvgIpc) is 3.33. The van der Waals surface area contributed by atoms with Crippen LogP contribution < -0.4 is 0 Å². The lowest BCUT2D eigenvalue weighted by Crippen LogP contribution is -2.66. The first-order valence-corrected chi connectivity index (χ1v) is 17.7. The summed E-state index contributed by atoms with van der Waals surface area (Å²) in [4.78, 5) is 80.0. The third-order valence-electron chi connectivity index (χ3n) is 12.4. The van der Waals surface area contributed by atoms with Crippen molar-refractivity contribution >= 4 is 35.8 Å². The van der Waals surface area contributed by atoms with Crippen LogP contribution in [0.25, 0.3) is 0 Å². The van der Waals surface area contributed by atoms with Crippen LogP contribution in [-0.4, -0.2) is 77.7 Å². The molecule has 0 aromatic heterocycles. The fourth-order valence-electron chi connectivity index (χ4n) is 10.8. The second-order valence-electron chi connectivity index (χ2n) is 15.8. The highest BCUT2D eigenvalue weighted by Gasteiger charge is 2.89. The Balaban J connectivity index is 1.71. The zero-order valence-corrected chi connectivity index (χ0v) is 30.6. The van der Waals surface area contributed by atoms with E-state index in [-0.39, 0.29) is 36.7 Å².